The lowest BCUT2D eigenvalue weighted by atomic mass is 9.95. The zero-order valence-corrected chi connectivity index (χ0v) is 10.8. The van der Waals surface area contributed by atoms with Crippen LogP contribution < -0.4 is 0 Å². The Kier molecular flexibility index (Phi) is 10.4. The first-order chi connectivity index (χ1) is 7.72. The maximum atomic E-state index is 11.7. The van der Waals surface area contributed by atoms with E-state index in [0.717, 1.165) is 51.2 Å². The molecular weight excluding hydrogens is 200 g/mol. The Labute approximate surface area is 99.8 Å². The van der Waals surface area contributed by atoms with Crippen molar-refractivity contribution >= 4 is 12.1 Å². The van der Waals surface area contributed by atoms with Crippen molar-refractivity contribution in [2.75, 3.05) is 0 Å². The number of carbonyl (C=O) groups excluding carboxylic acids is 2. The number of ketones is 1. The molecule has 0 bridgehead atoms. The van der Waals surface area contributed by atoms with Crippen molar-refractivity contribution in [1.29, 1.82) is 0 Å². The predicted molar refractivity (Wildman–Crippen MR) is 67.5 cm³/mol. The van der Waals surface area contributed by atoms with Gasteiger partial charge in [0.2, 0.25) is 0 Å². The molecule has 1 atom stereocenters. The zero-order valence-electron chi connectivity index (χ0n) is 10.8. The highest BCUT2D eigenvalue weighted by atomic mass is 16.1. The average Bonchev–Trinajstić information content (AvgIpc) is 2.30. The van der Waals surface area contributed by atoms with Crippen molar-refractivity contribution in [2.45, 2.75) is 71.6 Å². The van der Waals surface area contributed by atoms with Crippen LogP contribution in [0.15, 0.2) is 0 Å². The Hall–Kier alpha value is -0.660. The molecular formula is C14H26O2. The summed E-state index contributed by atoms with van der Waals surface area (Å²) in [7, 11) is 0. The van der Waals surface area contributed by atoms with Gasteiger partial charge in [-0.05, 0) is 19.3 Å². The summed E-state index contributed by atoms with van der Waals surface area (Å²) in [6.45, 7) is 4.20. The number of Topliss-reactive ketones (excluding diaryl/α,β-unsaturated/α-hetero) is 1. The molecule has 0 rings (SSSR count). The first-order valence-electron chi connectivity index (χ1n) is 6.68. The summed E-state index contributed by atoms with van der Waals surface area (Å²) in [5.41, 5.74) is 0. The molecule has 0 heterocycles. The standard InChI is InChI=1S/C14H26O2/c1-3-4-10-13(2)14(16)11-8-6-5-7-9-12-15/h12-13H,3-11H2,1-2H3. The molecule has 0 saturated carbocycles. The molecule has 16 heavy (non-hydrogen) atoms. The van der Waals surface area contributed by atoms with Crippen LogP contribution in [0.2, 0.25) is 0 Å². The van der Waals surface area contributed by atoms with E-state index in [9.17, 15) is 9.59 Å². The van der Waals surface area contributed by atoms with E-state index >= 15 is 0 Å². The van der Waals surface area contributed by atoms with Crippen LogP contribution in [0, 0.1) is 5.92 Å². The molecule has 0 aromatic carbocycles. The molecule has 0 aliphatic heterocycles. The van der Waals surface area contributed by atoms with Gasteiger partial charge in [0.05, 0.1) is 0 Å². The van der Waals surface area contributed by atoms with Gasteiger partial charge < -0.3 is 4.79 Å². The monoisotopic (exact) mass is 226 g/mol. The van der Waals surface area contributed by atoms with Gasteiger partial charge in [0, 0.05) is 18.8 Å². The summed E-state index contributed by atoms with van der Waals surface area (Å²) < 4.78 is 0. The van der Waals surface area contributed by atoms with Crippen LogP contribution in [-0.2, 0) is 9.59 Å². The van der Waals surface area contributed by atoms with Gasteiger partial charge in [0.25, 0.3) is 0 Å². The highest BCUT2D eigenvalue weighted by Crippen LogP contribution is 2.13. The third-order valence-corrected chi connectivity index (χ3v) is 3.04. The van der Waals surface area contributed by atoms with Crippen LogP contribution in [0.1, 0.15) is 71.6 Å². The minimum absolute atomic E-state index is 0.245. The second-order valence-electron chi connectivity index (χ2n) is 4.63. The number of rotatable bonds is 11. The molecule has 0 amide bonds. The Balaban J connectivity index is 3.38. The van der Waals surface area contributed by atoms with E-state index in [4.69, 9.17) is 0 Å². The van der Waals surface area contributed by atoms with Crippen LogP contribution in [0.4, 0.5) is 0 Å². The van der Waals surface area contributed by atoms with Gasteiger partial charge in [-0.15, -0.1) is 0 Å². The maximum Gasteiger partial charge on any atom is 0.135 e. The zero-order chi connectivity index (χ0) is 12.2. The second kappa shape index (κ2) is 10.8. The highest BCUT2D eigenvalue weighted by Gasteiger charge is 2.11. The molecule has 2 nitrogen and oxygen atoms in total. The fraction of sp³-hybridized carbons (Fsp3) is 0.857. The smallest absolute Gasteiger partial charge is 0.135 e. The number of aldehydes is 1. The summed E-state index contributed by atoms with van der Waals surface area (Å²) in [4.78, 5) is 21.8. The van der Waals surface area contributed by atoms with Crippen LogP contribution in [0.5, 0.6) is 0 Å². The van der Waals surface area contributed by atoms with Gasteiger partial charge in [-0.1, -0.05) is 39.5 Å². The molecule has 0 fully saturated rings. The first kappa shape index (κ1) is 15.3. The van der Waals surface area contributed by atoms with Gasteiger partial charge in [0.15, 0.2) is 0 Å². The van der Waals surface area contributed by atoms with Crippen LogP contribution in [-0.4, -0.2) is 12.1 Å². The van der Waals surface area contributed by atoms with E-state index in [1.165, 1.54) is 6.42 Å². The molecule has 1 unspecified atom stereocenters. The van der Waals surface area contributed by atoms with Crippen molar-refractivity contribution < 1.29 is 9.59 Å². The Bertz CT molecular complexity index is 187. The van der Waals surface area contributed by atoms with Gasteiger partial charge in [-0.3, -0.25) is 4.79 Å². The summed E-state index contributed by atoms with van der Waals surface area (Å²) in [6, 6.07) is 0. The van der Waals surface area contributed by atoms with Crippen molar-refractivity contribution in [3.63, 3.8) is 0 Å². The predicted octanol–water partition coefficient (Wildman–Crippen LogP) is 3.92. The Morgan fingerprint density at radius 2 is 1.81 bits per heavy atom. The van der Waals surface area contributed by atoms with E-state index in [2.05, 4.69) is 6.92 Å². The lowest BCUT2D eigenvalue weighted by molar-refractivity contribution is -0.122. The minimum atomic E-state index is 0.245. The fourth-order valence-corrected chi connectivity index (χ4v) is 1.80. The molecule has 0 aliphatic carbocycles. The molecule has 0 aliphatic rings. The van der Waals surface area contributed by atoms with Gasteiger partial charge in [-0.25, -0.2) is 0 Å². The summed E-state index contributed by atoms with van der Waals surface area (Å²) >= 11 is 0. The van der Waals surface area contributed by atoms with Crippen LogP contribution in [0.3, 0.4) is 0 Å². The van der Waals surface area contributed by atoms with Crippen molar-refractivity contribution in [3.8, 4) is 0 Å². The summed E-state index contributed by atoms with van der Waals surface area (Å²) in [6.07, 6.45) is 9.87. The highest BCUT2D eigenvalue weighted by molar-refractivity contribution is 5.80. The molecule has 0 N–H and O–H groups in total. The van der Waals surface area contributed by atoms with E-state index in [0.29, 0.717) is 12.2 Å². The molecule has 0 radical (unpaired) electrons. The van der Waals surface area contributed by atoms with Crippen molar-refractivity contribution in [1.82, 2.24) is 0 Å². The Morgan fingerprint density at radius 3 is 2.44 bits per heavy atom. The third kappa shape index (κ3) is 8.63. The summed E-state index contributed by atoms with van der Waals surface area (Å²) in [5.74, 6) is 0.666. The molecule has 0 spiro atoms. The normalized spacial score (nSPS) is 12.4. The van der Waals surface area contributed by atoms with E-state index in [1.807, 2.05) is 6.92 Å². The molecule has 0 saturated heterocycles. The Morgan fingerprint density at radius 1 is 1.12 bits per heavy atom. The fourth-order valence-electron chi connectivity index (χ4n) is 1.80. The lowest BCUT2D eigenvalue weighted by Gasteiger charge is -2.09. The maximum absolute atomic E-state index is 11.7. The van der Waals surface area contributed by atoms with Gasteiger partial charge >= 0.3 is 0 Å². The number of carbonyl (C=O) groups is 2. The second-order valence-corrected chi connectivity index (χ2v) is 4.63. The summed E-state index contributed by atoms with van der Waals surface area (Å²) in [5, 5.41) is 0. The minimum Gasteiger partial charge on any atom is -0.303 e. The molecule has 94 valence electrons. The largest absolute Gasteiger partial charge is 0.303 e. The van der Waals surface area contributed by atoms with Crippen LogP contribution in [0.25, 0.3) is 0 Å². The van der Waals surface area contributed by atoms with E-state index < -0.39 is 0 Å². The molecule has 0 aromatic heterocycles. The topological polar surface area (TPSA) is 34.1 Å². The van der Waals surface area contributed by atoms with Gasteiger partial charge in [-0.2, -0.15) is 0 Å². The first-order valence-corrected chi connectivity index (χ1v) is 6.68. The van der Waals surface area contributed by atoms with Crippen molar-refractivity contribution in [3.05, 3.63) is 0 Å². The lowest BCUT2D eigenvalue weighted by Crippen LogP contribution is -2.10. The number of hydrogen-bond donors (Lipinski definition) is 0. The quantitative estimate of drug-likeness (QED) is 0.395. The van der Waals surface area contributed by atoms with E-state index in [1.54, 1.807) is 0 Å². The van der Waals surface area contributed by atoms with Crippen molar-refractivity contribution in [2.24, 2.45) is 5.92 Å². The SMILES string of the molecule is CCCCC(C)C(=O)CCCCCCC=O. The average molecular weight is 226 g/mol. The molecule has 0 aromatic rings. The van der Waals surface area contributed by atoms with Crippen LogP contribution >= 0.6 is 0 Å². The third-order valence-electron chi connectivity index (χ3n) is 3.04. The number of hydrogen-bond acceptors (Lipinski definition) is 2. The van der Waals surface area contributed by atoms with Gasteiger partial charge in [0.1, 0.15) is 12.1 Å². The number of unbranched alkanes of at least 4 members (excludes halogenated alkanes) is 5. The molecule has 2 heteroatoms. The van der Waals surface area contributed by atoms with E-state index in [-0.39, 0.29) is 5.92 Å².